The Labute approximate surface area is 173 Å². The smallest absolute Gasteiger partial charge is 0.248 e. The summed E-state index contributed by atoms with van der Waals surface area (Å²) >= 11 is 0. The van der Waals surface area contributed by atoms with Crippen LogP contribution in [-0.2, 0) is 11.3 Å². The van der Waals surface area contributed by atoms with Gasteiger partial charge in [0.2, 0.25) is 11.7 Å². The molecular weight excluding hydrogens is 378 g/mol. The number of amides is 1. The molecule has 0 saturated carbocycles. The number of ketones is 1. The highest BCUT2D eigenvalue weighted by atomic mass is 16.2. The summed E-state index contributed by atoms with van der Waals surface area (Å²) in [7, 11) is 0. The van der Waals surface area contributed by atoms with Crippen LogP contribution in [0.4, 0.5) is 5.69 Å². The van der Waals surface area contributed by atoms with Gasteiger partial charge in [-0.1, -0.05) is 66.7 Å². The summed E-state index contributed by atoms with van der Waals surface area (Å²) in [5.41, 5.74) is 3.30. The van der Waals surface area contributed by atoms with Crippen molar-refractivity contribution in [1.29, 1.82) is 0 Å². The lowest BCUT2D eigenvalue weighted by Gasteiger charge is -2.10. The molecule has 3 aromatic carbocycles. The maximum atomic E-state index is 12.8. The number of aromatic nitrogens is 4. The Balaban J connectivity index is 1.49. The highest BCUT2D eigenvalue weighted by Gasteiger charge is 2.16. The van der Waals surface area contributed by atoms with Gasteiger partial charge in [0.1, 0.15) is 6.54 Å². The summed E-state index contributed by atoms with van der Waals surface area (Å²) in [6, 6.07) is 23.6. The van der Waals surface area contributed by atoms with Gasteiger partial charge >= 0.3 is 0 Å². The van der Waals surface area contributed by atoms with E-state index in [1.54, 1.807) is 48.5 Å². The van der Waals surface area contributed by atoms with Crippen molar-refractivity contribution >= 4 is 17.4 Å². The molecule has 0 spiro atoms. The number of hydrogen-bond donors (Lipinski definition) is 1. The number of hydrogen-bond acceptors (Lipinski definition) is 5. The van der Waals surface area contributed by atoms with Crippen LogP contribution in [-0.4, -0.2) is 31.9 Å². The van der Waals surface area contributed by atoms with E-state index < -0.39 is 0 Å². The fourth-order valence-electron chi connectivity index (χ4n) is 3.10. The molecule has 0 aliphatic carbocycles. The van der Waals surface area contributed by atoms with E-state index in [1.165, 1.54) is 4.80 Å². The van der Waals surface area contributed by atoms with Crippen molar-refractivity contribution in [2.75, 3.05) is 5.32 Å². The fraction of sp³-hybridized carbons (Fsp3) is 0.0870. The van der Waals surface area contributed by atoms with Gasteiger partial charge in [0.15, 0.2) is 5.78 Å². The minimum Gasteiger partial charge on any atom is -0.324 e. The van der Waals surface area contributed by atoms with E-state index in [4.69, 9.17) is 0 Å². The van der Waals surface area contributed by atoms with E-state index >= 15 is 0 Å². The second-order valence-corrected chi connectivity index (χ2v) is 6.75. The maximum absolute atomic E-state index is 12.8. The second-order valence-electron chi connectivity index (χ2n) is 6.75. The Morgan fingerprint density at radius 2 is 1.60 bits per heavy atom. The molecule has 0 unspecified atom stereocenters. The molecule has 1 N–H and O–H groups in total. The van der Waals surface area contributed by atoms with Crippen molar-refractivity contribution in [3.8, 4) is 11.4 Å². The Bertz CT molecular complexity index is 1200. The largest absolute Gasteiger partial charge is 0.324 e. The monoisotopic (exact) mass is 397 g/mol. The van der Waals surface area contributed by atoms with E-state index in [-0.39, 0.29) is 18.2 Å². The number of carbonyl (C=O) groups excluding carboxylic acids is 2. The first-order valence-electron chi connectivity index (χ1n) is 9.44. The van der Waals surface area contributed by atoms with Crippen LogP contribution in [0.3, 0.4) is 0 Å². The molecule has 1 heterocycles. The Morgan fingerprint density at radius 1 is 0.900 bits per heavy atom. The normalized spacial score (nSPS) is 10.6. The summed E-state index contributed by atoms with van der Waals surface area (Å²) < 4.78 is 0. The van der Waals surface area contributed by atoms with Gasteiger partial charge in [0.25, 0.3) is 0 Å². The third-order valence-electron chi connectivity index (χ3n) is 4.61. The Kier molecular flexibility index (Phi) is 5.43. The van der Waals surface area contributed by atoms with Crippen LogP contribution in [0, 0.1) is 6.92 Å². The number of nitrogens with one attached hydrogen (secondary N) is 1. The van der Waals surface area contributed by atoms with E-state index in [0.717, 1.165) is 11.1 Å². The molecule has 1 amide bonds. The van der Waals surface area contributed by atoms with Gasteiger partial charge in [-0.3, -0.25) is 9.59 Å². The lowest BCUT2D eigenvalue weighted by Crippen LogP contribution is -2.21. The minimum absolute atomic E-state index is 0.118. The quantitative estimate of drug-likeness (QED) is 0.503. The number of aryl methyl sites for hydroxylation is 1. The summed E-state index contributed by atoms with van der Waals surface area (Å²) in [5, 5.41) is 15.1. The molecule has 7 heteroatoms. The number of para-hydroxylation sites is 1. The number of carbonyl (C=O) groups is 2. The van der Waals surface area contributed by atoms with Gasteiger partial charge in [-0.05, 0) is 29.8 Å². The highest BCUT2D eigenvalue weighted by molar-refractivity contribution is 6.13. The predicted molar refractivity (Wildman–Crippen MR) is 113 cm³/mol. The predicted octanol–water partition coefficient (Wildman–Crippen LogP) is 3.52. The lowest BCUT2D eigenvalue weighted by molar-refractivity contribution is -0.117. The van der Waals surface area contributed by atoms with E-state index in [1.807, 2.05) is 37.3 Å². The average molecular weight is 397 g/mol. The molecule has 7 nitrogen and oxygen atoms in total. The maximum Gasteiger partial charge on any atom is 0.248 e. The second kappa shape index (κ2) is 8.48. The molecule has 0 saturated heterocycles. The number of nitrogens with zero attached hydrogens (tertiary/aromatic N) is 4. The molecule has 4 rings (SSSR count). The van der Waals surface area contributed by atoms with Crippen molar-refractivity contribution in [3.05, 3.63) is 95.6 Å². The zero-order valence-electron chi connectivity index (χ0n) is 16.3. The molecule has 148 valence electrons. The minimum atomic E-state index is -0.350. The number of tetrazole rings is 1. The molecule has 0 aliphatic rings. The summed E-state index contributed by atoms with van der Waals surface area (Å²) in [6.07, 6.45) is 0. The van der Waals surface area contributed by atoms with Crippen LogP contribution in [0.25, 0.3) is 11.4 Å². The number of anilines is 1. The van der Waals surface area contributed by atoms with Crippen molar-refractivity contribution < 1.29 is 9.59 Å². The van der Waals surface area contributed by atoms with Crippen LogP contribution in [0.15, 0.2) is 78.9 Å². The topological polar surface area (TPSA) is 89.8 Å². The average Bonchev–Trinajstić information content (AvgIpc) is 3.22. The van der Waals surface area contributed by atoms with Crippen LogP contribution >= 0.6 is 0 Å². The molecule has 1 aromatic heterocycles. The standard InChI is InChI=1S/C23H19N5O2/c1-16-9-5-6-12-18(16)23-25-27-28(26-23)15-21(29)24-20-14-8-7-13-19(20)22(30)17-10-3-2-4-11-17/h2-14H,15H2,1H3,(H,24,29). The molecule has 0 aliphatic heterocycles. The van der Waals surface area contributed by atoms with Gasteiger partial charge in [0.05, 0.1) is 5.69 Å². The van der Waals surface area contributed by atoms with E-state index in [9.17, 15) is 9.59 Å². The first kappa shape index (κ1) is 19.2. The molecule has 0 atom stereocenters. The van der Waals surface area contributed by atoms with E-state index in [0.29, 0.717) is 22.6 Å². The lowest BCUT2D eigenvalue weighted by atomic mass is 10.0. The summed E-state index contributed by atoms with van der Waals surface area (Å²) in [6.45, 7) is 1.84. The molecule has 0 radical (unpaired) electrons. The van der Waals surface area contributed by atoms with Gasteiger partial charge in [-0.15, -0.1) is 10.2 Å². The Hall–Kier alpha value is -4.13. The van der Waals surface area contributed by atoms with Gasteiger partial charge in [-0.25, -0.2) is 0 Å². The van der Waals surface area contributed by atoms with Crippen LogP contribution in [0.1, 0.15) is 21.5 Å². The highest BCUT2D eigenvalue weighted by Crippen LogP contribution is 2.20. The van der Waals surface area contributed by atoms with Crippen molar-refractivity contribution in [1.82, 2.24) is 20.2 Å². The molecule has 30 heavy (non-hydrogen) atoms. The molecular formula is C23H19N5O2. The molecule has 0 fully saturated rings. The SMILES string of the molecule is Cc1ccccc1-c1nnn(CC(=O)Nc2ccccc2C(=O)c2ccccc2)n1. The van der Waals surface area contributed by atoms with Crippen molar-refractivity contribution in [2.45, 2.75) is 13.5 Å². The van der Waals surface area contributed by atoms with Gasteiger partial charge in [0, 0.05) is 16.7 Å². The third kappa shape index (κ3) is 4.15. The van der Waals surface area contributed by atoms with Gasteiger partial charge in [-0.2, -0.15) is 4.80 Å². The summed E-state index contributed by atoms with van der Waals surface area (Å²) in [5.74, 6) is -0.0511. The Morgan fingerprint density at radius 3 is 2.40 bits per heavy atom. The van der Waals surface area contributed by atoms with Gasteiger partial charge < -0.3 is 5.32 Å². The van der Waals surface area contributed by atoms with Crippen molar-refractivity contribution in [2.24, 2.45) is 0 Å². The number of rotatable bonds is 6. The van der Waals surface area contributed by atoms with Crippen LogP contribution in [0.5, 0.6) is 0 Å². The number of benzene rings is 3. The van der Waals surface area contributed by atoms with Crippen LogP contribution in [0.2, 0.25) is 0 Å². The first-order valence-corrected chi connectivity index (χ1v) is 9.44. The summed E-state index contributed by atoms with van der Waals surface area (Å²) in [4.78, 5) is 26.6. The van der Waals surface area contributed by atoms with Crippen LogP contribution < -0.4 is 5.32 Å². The molecule has 0 bridgehead atoms. The molecule has 4 aromatic rings. The van der Waals surface area contributed by atoms with Crippen molar-refractivity contribution in [3.63, 3.8) is 0 Å². The zero-order valence-corrected chi connectivity index (χ0v) is 16.3. The fourth-order valence-corrected chi connectivity index (χ4v) is 3.10. The first-order chi connectivity index (χ1) is 14.6. The zero-order chi connectivity index (χ0) is 20.9. The van der Waals surface area contributed by atoms with E-state index in [2.05, 4.69) is 20.7 Å². The third-order valence-corrected chi connectivity index (χ3v) is 4.61.